The second-order valence-corrected chi connectivity index (χ2v) is 7.33. The third kappa shape index (κ3) is 3.12. The smallest absolute Gasteiger partial charge is 0 e. The van der Waals surface area contributed by atoms with Crippen LogP contribution in [0.25, 0.3) is 21.8 Å². The quantitative estimate of drug-likeness (QED) is 0.378. The summed E-state index contributed by atoms with van der Waals surface area (Å²) in [4.78, 5) is 5.04. The molecular formula is C20H25LaNXe-2. The molecule has 0 N–H and O–H groups in total. The minimum Gasteiger partial charge on any atom is -0.358 e. The number of aromatic nitrogens is 1. The molecule has 0 saturated heterocycles. The summed E-state index contributed by atoms with van der Waals surface area (Å²) < 4.78 is 1.36. The average Bonchev–Trinajstić information content (AvgIpc) is 2.87. The standard InChI is InChI=1S/C19H22NXe.CH3.La/c1-8-9(2)12(5)17-15(11(8)4)16-18(20-17)13(6)10(3)14(7)19(16)21;;/h21H,1-7H3;1H3;/q2*-1;. The fourth-order valence-corrected chi connectivity index (χ4v) is 4.25. The number of nitrogens with zero attached hydrogens (tertiary/aromatic N) is 1. The first kappa shape index (κ1) is 22.0. The largest absolute Gasteiger partial charge is 0.358 e. The zero-order valence-corrected chi connectivity index (χ0v) is 21.2. The molecule has 1 radical (unpaired) electrons. The van der Waals surface area contributed by atoms with E-state index in [9.17, 15) is 0 Å². The molecule has 0 aliphatic carbocycles. The Balaban J connectivity index is 0.00000132. The molecule has 23 heavy (non-hydrogen) atoms. The normalized spacial score (nSPS) is 10.8. The number of hydrogen-bond donors (Lipinski definition) is 0. The maximum atomic E-state index is 5.04. The Bertz CT molecular complexity index is 845. The molecule has 0 aliphatic rings. The zero-order chi connectivity index (χ0) is 15.6. The molecule has 0 aliphatic heterocycles. The molecule has 1 nitrogen and oxygen atoms in total. The predicted octanol–water partition coefficient (Wildman–Crippen LogP) is 4.47. The van der Waals surface area contributed by atoms with Gasteiger partial charge in [0.2, 0.25) is 0 Å². The van der Waals surface area contributed by atoms with E-state index in [0.29, 0.717) is 0 Å². The van der Waals surface area contributed by atoms with Gasteiger partial charge in [0.15, 0.2) is 0 Å². The van der Waals surface area contributed by atoms with Crippen molar-refractivity contribution in [3.05, 3.63) is 46.4 Å². The summed E-state index contributed by atoms with van der Waals surface area (Å²) in [5, 5.41) is 2.72. The molecular weight excluding hydrogens is 524 g/mol. The summed E-state index contributed by atoms with van der Waals surface area (Å²) in [5.41, 5.74) is 12.0. The van der Waals surface area contributed by atoms with Crippen LogP contribution < -0.4 is 5.02 Å². The van der Waals surface area contributed by atoms with Crippen LogP contribution in [0.2, 0.25) is 0 Å². The molecule has 3 aromatic rings. The summed E-state index contributed by atoms with van der Waals surface area (Å²) in [5.74, 6) is 0. The van der Waals surface area contributed by atoms with Crippen molar-refractivity contribution in [3.63, 3.8) is 0 Å². The Kier molecular flexibility index (Phi) is 7.39. The summed E-state index contributed by atoms with van der Waals surface area (Å²) in [6, 6.07) is 0. The molecule has 0 saturated carbocycles. The predicted molar refractivity (Wildman–Crippen MR) is 95.4 cm³/mol. The molecule has 1 aromatic heterocycles. The number of hydrogen-bond acceptors (Lipinski definition) is 0. The van der Waals surface area contributed by atoms with Gasteiger partial charge in [-0.05, 0) is 0 Å². The van der Waals surface area contributed by atoms with Gasteiger partial charge in [-0.3, -0.25) is 0 Å². The summed E-state index contributed by atoms with van der Waals surface area (Å²) >= 11 is 2.50. The molecule has 3 heteroatoms. The average molecular weight is 550 g/mol. The van der Waals surface area contributed by atoms with Crippen LogP contribution in [0.15, 0.2) is 0 Å². The van der Waals surface area contributed by atoms with Crippen LogP contribution >= 0.6 is 0 Å². The summed E-state index contributed by atoms with van der Waals surface area (Å²) in [6.45, 7) is 15.5. The molecule has 0 bridgehead atoms. The number of rotatable bonds is 0. The molecule has 0 amide bonds. The Morgan fingerprint density at radius 1 is 0.565 bits per heavy atom. The molecule has 0 atom stereocenters. The number of fused-ring (bicyclic) bond motifs is 3. The van der Waals surface area contributed by atoms with Gasteiger partial charge in [0, 0.05) is 35.6 Å². The first-order chi connectivity index (χ1) is 9.77. The van der Waals surface area contributed by atoms with Crippen molar-refractivity contribution in [1.29, 1.82) is 0 Å². The van der Waals surface area contributed by atoms with Crippen molar-refractivity contribution in [2.45, 2.75) is 48.5 Å². The zero-order valence-electron chi connectivity index (χ0n) is 15.4. The Morgan fingerprint density at radius 3 is 1.48 bits per heavy atom. The fourth-order valence-electron chi connectivity index (χ4n) is 3.32. The summed E-state index contributed by atoms with van der Waals surface area (Å²) in [7, 11) is 0. The summed E-state index contributed by atoms with van der Waals surface area (Å²) in [6.07, 6.45) is 0. The van der Waals surface area contributed by atoms with E-state index in [0.717, 1.165) is 0 Å². The minimum absolute atomic E-state index is 0. The van der Waals surface area contributed by atoms with E-state index in [1.165, 1.54) is 60.8 Å². The second kappa shape index (κ2) is 7.71. The van der Waals surface area contributed by atoms with Crippen molar-refractivity contribution < 1.29 is 82.1 Å². The van der Waals surface area contributed by atoms with Crippen LogP contribution in [-0.2, 0) is 0 Å². The third-order valence-corrected chi connectivity index (χ3v) is 6.74. The van der Waals surface area contributed by atoms with Gasteiger partial charge in [-0.15, -0.1) is 0 Å². The van der Waals surface area contributed by atoms with Crippen LogP contribution in [0.1, 0.15) is 38.9 Å². The number of benzene rings is 2. The second-order valence-electron chi connectivity index (χ2n) is 6.25. The van der Waals surface area contributed by atoms with Crippen molar-refractivity contribution in [1.82, 2.24) is 4.98 Å². The van der Waals surface area contributed by atoms with Gasteiger partial charge in [-0.2, -0.15) is 0 Å². The van der Waals surface area contributed by atoms with Gasteiger partial charge in [0.25, 0.3) is 0 Å². The van der Waals surface area contributed by atoms with Crippen LogP contribution in [-0.4, -0.2) is 0 Å². The third-order valence-electron chi connectivity index (χ3n) is 5.39. The SMILES string of the molecule is Cc1c(C)c(C)c2c([n-]c3c(C)c(C)c(C)c([XeH])c32)c1C.[CH3-].[La]. The van der Waals surface area contributed by atoms with Crippen molar-refractivity contribution >= 4 is 21.8 Å². The van der Waals surface area contributed by atoms with Gasteiger partial charge < -0.3 is 7.43 Å². The fraction of sp³-hybridized carbons (Fsp3) is 0.350. The van der Waals surface area contributed by atoms with E-state index in [-0.39, 0.29) is 43.0 Å². The molecule has 2 aromatic carbocycles. The van der Waals surface area contributed by atoms with Crippen LogP contribution in [0.5, 0.6) is 0 Å². The minimum atomic E-state index is 0. The Labute approximate surface area is 200 Å². The van der Waals surface area contributed by atoms with Gasteiger partial charge in [-0.25, -0.2) is 0 Å². The van der Waals surface area contributed by atoms with Crippen LogP contribution in [0.3, 0.4) is 0 Å². The first-order valence-corrected chi connectivity index (χ1v) is 8.46. The molecule has 123 valence electrons. The van der Waals surface area contributed by atoms with Gasteiger partial charge >= 0.3 is 161 Å². The topological polar surface area (TPSA) is 14.1 Å². The van der Waals surface area contributed by atoms with E-state index in [4.69, 9.17) is 4.98 Å². The van der Waals surface area contributed by atoms with E-state index in [1.807, 2.05) is 0 Å². The molecule has 0 unspecified atom stereocenters. The van der Waals surface area contributed by atoms with E-state index >= 15 is 0 Å². The number of aryl methyl sites for hydroxylation is 3. The first-order valence-electron chi connectivity index (χ1n) is 7.39. The van der Waals surface area contributed by atoms with Gasteiger partial charge in [-0.1, -0.05) is 0 Å². The van der Waals surface area contributed by atoms with Crippen LogP contribution in [0, 0.1) is 138 Å². The monoisotopic (exact) mass is 550 g/mol. The van der Waals surface area contributed by atoms with Crippen LogP contribution in [0.4, 0.5) is 0 Å². The van der Waals surface area contributed by atoms with Gasteiger partial charge in [0.05, 0.1) is 0 Å². The van der Waals surface area contributed by atoms with Crippen molar-refractivity contribution in [3.8, 4) is 0 Å². The maximum absolute atomic E-state index is 5.04. The Morgan fingerprint density at radius 2 is 0.957 bits per heavy atom. The van der Waals surface area contributed by atoms with Crippen molar-refractivity contribution in [2.24, 2.45) is 0 Å². The van der Waals surface area contributed by atoms with E-state index in [2.05, 4.69) is 95.0 Å². The van der Waals surface area contributed by atoms with E-state index < -0.39 is 0 Å². The van der Waals surface area contributed by atoms with E-state index in [1.54, 1.807) is 0 Å². The molecule has 1 heterocycles. The molecule has 0 spiro atoms. The van der Waals surface area contributed by atoms with Crippen molar-refractivity contribution in [2.75, 3.05) is 0 Å². The maximum Gasteiger partial charge on any atom is 0 e. The Hall–Kier alpha value is 1.01. The molecule has 3 rings (SSSR count). The van der Waals surface area contributed by atoms with Gasteiger partial charge in [0.1, 0.15) is 0 Å². The molecule has 0 fully saturated rings.